The lowest BCUT2D eigenvalue weighted by atomic mass is 9.91. The maximum Gasteiger partial charge on any atom is 0.0798 e. The predicted molar refractivity (Wildman–Crippen MR) is 119 cm³/mol. The molecule has 0 unspecified atom stereocenters. The molecule has 0 N–H and O–H groups in total. The van der Waals surface area contributed by atoms with Crippen LogP contribution in [-0.4, -0.2) is 16.2 Å². The van der Waals surface area contributed by atoms with Crippen LogP contribution >= 0.6 is 11.8 Å². The van der Waals surface area contributed by atoms with Crippen molar-refractivity contribution in [1.29, 1.82) is 0 Å². The smallest absolute Gasteiger partial charge is 0.0798 e. The minimum absolute atomic E-state index is 1.04. The SMILES string of the molecule is CSc1c2c(c(-c3cccnc3)c3ncccc13)-c1cccc3cccc-2c13. The Morgan fingerprint density at radius 1 is 0.750 bits per heavy atom. The van der Waals surface area contributed by atoms with Gasteiger partial charge in [0.2, 0.25) is 0 Å². The van der Waals surface area contributed by atoms with Crippen molar-refractivity contribution in [3.63, 3.8) is 0 Å². The lowest BCUT2D eigenvalue weighted by Crippen LogP contribution is -1.94. The third-order valence-electron chi connectivity index (χ3n) is 5.61. The minimum Gasteiger partial charge on any atom is -0.264 e. The Balaban J connectivity index is 1.91. The van der Waals surface area contributed by atoms with E-state index in [-0.39, 0.29) is 0 Å². The highest BCUT2D eigenvalue weighted by Gasteiger charge is 2.29. The summed E-state index contributed by atoms with van der Waals surface area (Å²) >= 11 is 1.81. The van der Waals surface area contributed by atoms with E-state index in [0.29, 0.717) is 0 Å². The first-order valence-electron chi connectivity index (χ1n) is 9.30. The molecule has 132 valence electrons. The van der Waals surface area contributed by atoms with Crippen molar-refractivity contribution in [2.75, 3.05) is 6.26 Å². The van der Waals surface area contributed by atoms with Crippen molar-refractivity contribution in [3.05, 3.63) is 79.3 Å². The van der Waals surface area contributed by atoms with Crippen LogP contribution in [-0.2, 0) is 0 Å². The van der Waals surface area contributed by atoms with Gasteiger partial charge in [0.05, 0.1) is 5.52 Å². The zero-order valence-corrected chi connectivity index (χ0v) is 16.1. The summed E-state index contributed by atoms with van der Waals surface area (Å²) < 4.78 is 0. The molecule has 0 amide bonds. The van der Waals surface area contributed by atoms with Crippen LogP contribution in [0.4, 0.5) is 0 Å². The zero-order chi connectivity index (χ0) is 18.7. The van der Waals surface area contributed by atoms with E-state index in [2.05, 4.69) is 59.8 Å². The number of rotatable bonds is 2. The van der Waals surface area contributed by atoms with Gasteiger partial charge in [0, 0.05) is 51.1 Å². The van der Waals surface area contributed by atoms with Crippen molar-refractivity contribution >= 4 is 33.4 Å². The molecule has 0 fully saturated rings. The topological polar surface area (TPSA) is 25.8 Å². The highest BCUT2D eigenvalue weighted by molar-refractivity contribution is 7.99. The number of aromatic nitrogens is 2. The number of fused-ring (bicyclic) bond motifs is 4. The molecular formula is C25H16N2S. The van der Waals surface area contributed by atoms with E-state index >= 15 is 0 Å². The van der Waals surface area contributed by atoms with Gasteiger partial charge in [-0.15, -0.1) is 11.8 Å². The van der Waals surface area contributed by atoms with Gasteiger partial charge in [-0.25, -0.2) is 0 Å². The molecule has 2 aromatic heterocycles. The van der Waals surface area contributed by atoms with Crippen molar-refractivity contribution < 1.29 is 0 Å². The molecule has 3 aromatic carbocycles. The van der Waals surface area contributed by atoms with Crippen LogP contribution in [0.15, 0.2) is 84.1 Å². The molecule has 1 aliphatic carbocycles. The van der Waals surface area contributed by atoms with Crippen LogP contribution in [0.2, 0.25) is 0 Å². The van der Waals surface area contributed by atoms with E-state index in [1.54, 1.807) is 11.8 Å². The second-order valence-electron chi connectivity index (χ2n) is 7.01. The lowest BCUT2D eigenvalue weighted by molar-refractivity contribution is 1.32. The zero-order valence-electron chi connectivity index (χ0n) is 15.3. The van der Waals surface area contributed by atoms with Gasteiger partial charge in [0.25, 0.3) is 0 Å². The quantitative estimate of drug-likeness (QED) is 0.310. The fourth-order valence-corrected chi connectivity index (χ4v) is 5.37. The molecular weight excluding hydrogens is 360 g/mol. The number of hydrogen-bond donors (Lipinski definition) is 0. The van der Waals surface area contributed by atoms with Crippen LogP contribution in [0, 0.1) is 0 Å². The van der Waals surface area contributed by atoms with Crippen LogP contribution in [0.5, 0.6) is 0 Å². The Kier molecular flexibility index (Phi) is 3.35. The first-order chi connectivity index (χ1) is 13.9. The standard InChI is InChI=1S/C25H16N2S/c1-28-25-19-11-5-13-27-24(19)21(16-8-4-12-26-14-16)22-17-9-2-6-15-7-3-10-18(20(15)17)23(22)25/h2-14H,1H3. The maximum absolute atomic E-state index is 4.83. The van der Waals surface area contributed by atoms with E-state index in [4.69, 9.17) is 4.98 Å². The summed E-state index contributed by atoms with van der Waals surface area (Å²) in [6.07, 6.45) is 7.83. The van der Waals surface area contributed by atoms with Crippen molar-refractivity contribution in [1.82, 2.24) is 9.97 Å². The Morgan fingerprint density at radius 3 is 2.29 bits per heavy atom. The van der Waals surface area contributed by atoms with Gasteiger partial charge in [-0.3, -0.25) is 9.97 Å². The van der Waals surface area contributed by atoms with E-state index < -0.39 is 0 Å². The second kappa shape index (κ2) is 5.91. The van der Waals surface area contributed by atoms with Crippen molar-refractivity contribution in [2.24, 2.45) is 0 Å². The normalized spacial score (nSPS) is 11.9. The minimum atomic E-state index is 1.04. The molecule has 0 saturated heterocycles. The third kappa shape index (κ3) is 2.00. The molecule has 5 aromatic rings. The Hall–Kier alpha value is -3.17. The third-order valence-corrected chi connectivity index (χ3v) is 6.45. The monoisotopic (exact) mass is 376 g/mol. The van der Waals surface area contributed by atoms with Gasteiger partial charge in [0.1, 0.15) is 0 Å². The summed E-state index contributed by atoms with van der Waals surface area (Å²) in [6.45, 7) is 0. The summed E-state index contributed by atoms with van der Waals surface area (Å²) in [5.41, 5.74) is 8.57. The van der Waals surface area contributed by atoms with E-state index in [0.717, 1.165) is 11.1 Å². The summed E-state index contributed by atoms with van der Waals surface area (Å²) in [6, 6.07) is 21.6. The summed E-state index contributed by atoms with van der Waals surface area (Å²) in [4.78, 5) is 10.5. The van der Waals surface area contributed by atoms with Crippen LogP contribution in [0.3, 0.4) is 0 Å². The number of thioether (sulfide) groups is 1. The highest BCUT2D eigenvalue weighted by atomic mass is 32.2. The first kappa shape index (κ1) is 15.8. The van der Waals surface area contributed by atoms with Crippen LogP contribution in [0.1, 0.15) is 0 Å². The molecule has 0 atom stereocenters. The molecule has 0 spiro atoms. The average molecular weight is 376 g/mol. The van der Waals surface area contributed by atoms with Gasteiger partial charge in [-0.2, -0.15) is 0 Å². The predicted octanol–water partition coefficient (Wildman–Crippen LogP) is 6.82. The molecule has 0 radical (unpaired) electrons. The van der Waals surface area contributed by atoms with Crippen molar-refractivity contribution in [2.45, 2.75) is 4.90 Å². The van der Waals surface area contributed by atoms with Gasteiger partial charge in [-0.1, -0.05) is 48.5 Å². The molecule has 2 heterocycles. The van der Waals surface area contributed by atoms with Gasteiger partial charge >= 0.3 is 0 Å². The number of hydrogen-bond acceptors (Lipinski definition) is 3. The van der Waals surface area contributed by atoms with Crippen molar-refractivity contribution in [3.8, 4) is 33.4 Å². The van der Waals surface area contributed by atoms with Crippen LogP contribution < -0.4 is 0 Å². The van der Waals surface area contributed by atoms with E-state index in [9.17, 15) is 0 Å². The van der Waals surface area contributed by atoms with Gasteiger partial charge < -0.3 is 0 Å². The summed E-state index contributed by atoms with van der Waals surface area (Å²) in [5.74, 6) is 0. The first-order valence-corrected chi connectivity index (χ1v) is 10.5. The molecule has 0 aliphatic heterocycles. The Morgan fingerprint density at radius 2 is 1.54 bits per heavy atom. The molecule has 0 bridgehead atoms. The molecule has 3 heteroatoms. The Labute approximate surface area is 167 Å². The number of nitrogens with zero attached hydrogens (tertiary/aromatic N) is 2. The molecule has 28 heavy (non-hydrogen) atoms. The molecule has 0 saturated carbocycles. The second-order valence-corrected chi connectivity index (χ2v) is 7.83. The molecule has 6 rings (SSSR count). The fourth-order valence-electron chi connectivity index (χ4n) is 4.57. The van der Waals surface area contributed by atoms with Gasteiger partial charge in [-0.05, 0) is 40.3 Å². The van der Waals surface area contributed by atoms with E-state index in [1.807, 2.05) is 30.7 Å². The summed E-state index contributed by atoms with van der Waals surface area (Å²) in [5, 5.41) is 3.83. The Bertz CT molecular complexity index is 1390. The largest absolute Gasteiger partial charge is 0.264 e. The lowest BCUT2D eigenvalue weighted by Gasteiger charge is -2.17. The molecule has 1 aliphatic rings. The summed E-state index contributed by atoms with van der Waals surface area (Å²) in [7, 11) is 0. The number of pyridine rings is 2. The van der Waals surface area contributed by atoms with Crippen LogP contribution in [0.25, 0.3) is 55.1 Å². The van der Waals surface area contributed by atoms with Gasteiger partial charge in [0.15, 0.2) is 0 Å². The highest BCUT2D eigenvalue weighted by Crippen LogP contribution is 2.56. The van der Waals surface area contributed by atoms with E-state index in [1.165, 1.54) is 48.9 Å². The average Bonchev–Trinajstić information content (AvgIpc) is 3.09. The molecule has 2 nitrogen and oxygen atoms in total. The maximum atomic E-state index is 4.83. The fraction of sp³-hybridized carbons (Fsp3) is 0.0400. The number of benzene rings is 3.